The molecule has 10 aromatic rings. The summed E-state index contributed by atoms with van der Waals surface area (Å²) < 4.78 is 23.6. The summed E-state index contributed by atoms with van der Waals surface area (Å²) in [6.45, 7) is 0. The first-order chi connectivity index (χ1) is 37.4. The van der Waals surface area contributed by atoms with Gasteiger partial charge in [0, 0.05) is 0 Å². The molecule has 0 aliphatic heterocycles. The zero-order valence-corrected chi connectivity index (χ0v) is 40.6. The molecule has 0 bridgehead atoms. The van der Waals surface area contributed by atoms with E-state index in [0.29, 0.717) is 46.0 Å². The monoisotopic (exact) mass is 1020 g/mol. The Hall–Kier alpha value is -10.7. The van der Waals surface area contributed by atoms with Gasteiger partial charge >= 0.3 is 23.9 Å². The summed E-state index contributed by atoms with van der Waals surface area (Å²) in [7, 11) is 0. The summed E-state index contributed by atoms with van der Waals surface area (Å²) >= 11 is 0. The Morgan fingerprint density at radius 2 is 0.558 bits per heavy atom. The van der Waals surface area contributed by atoms with Gasteiger partial charge in [0.1, 0.15) is 46.0 Å². The molecule has 1 aliphatic carbocycles. The maximum atomic E-state index is 11.4. The number of benzene rings is 10. The Kier molecular flexibility index (Phi) is 14.1. The normalized spacial score (nSPS) is 11.6. The number of ether oxygens (including phenoxy) is 4. The lowest BCUT2D eigenvalue weighted by Gasteiger charge is -2.34. The zero-order chi connectivity index (χ0) is 53.5. The van der Waals surface area contributed by atoms with E-state index < -0.39 is 29.3 Å². The van der Waals surface area contributed by atoms with Crippen molar-refractivity contribution in [2.24, 2.45) is 0 Å². The molecule has 12 nitrogen and oxygen atoms in total. The largest absolute Gasteiger partial charge is 0.478 e. The van der Waals surface area contributed by atoms with Crippen LogP contribution in [-0.2, 0) is 5.41 Å². The summed E-state index contributed by atoms with van der Waals surface area (Å²) in [4.78, 5) is 44.7. The Morgan fingerprint density at radius 1 is 0.273 bits per heavy atom. The van der Waals surface area contributed by atoms with Gasteiger partial charge in [0.05, 0.1) is 27.7 Å². The van der Waals surface area contributed by atoms with Crippen LogP contribution in [0.2, 0.25) is 0 Å². The zero-order valence-electron chi connectivity index (χ0n) is 40.6. The minimum absolute atomic E-state index is 0.157. The number of carbonyl (C=O) groups is 4. The highest BCUT2D eigenvalue weighted by atomic mass is 16.5. The van der Waals surface area contributed by atoms with Crippen LogP contribution in [0.15, 0.2) is 243 Å². The van der Waals surface area contributed by atoms with Crippen molar-refractivity contribution in [2.75, 3.05) is 0 Å². The Balaban J connectivity index is 0.000000185. The topological polar surface area (TPSA) is 186 Å². The molecule has 0 unspecified atom stereocenters. The number of hydrogen-bond donors (Lipinski definition) is 4. The molecule has 0 saturated heterocycles. The van der Waals surface area contributed by atoms with E-state index in [1.807, 2.05) is 72.8 Å². The van der Waals surface area contributed by atoms with E-state index in [1.54, 1.807) is 48.5 Å². The van der Waals surface area contributed by atoms with Gasteiger partial charge in [-0.05, 0) is 178 Å². The summed E-state index contributed by atoms with van der Waals surface area (Å²) in [5.41, 5.74) is 8.76. The molecule has 0 heterocycles. The van der Waals surface area contributed by atoms with Gasteiger partial charge in [-0.2, -0.15) is 0 Å². The Bertz CT molecular complexity index is 3530. The number of carboxylic acid groups (broad SMARTS) is 4. The van der Waals surface area contributed by atoms with E-state index in [9.17, 15) is 29.4 Å². The molecule has 77 heavy (non-hydrogen) atoms. The Labute approximate surface area is 441 Å². The van der Waals surface area contributed by atoms with Gasteiger partial charge in [0.25, 0.3) is 0 Å². The lowest BCUT2D eigenvalue weighted by atomic mass is 9.68. The van der Waals surface area contributed by atoms with E-state index in [4.69, 9.17) is 29.2 Å². The van der Waals surface area contributed by atoms with E-state index >= 15 is 0 Å². The minimum atomic E-state index is -1.01. The van der Waals surface area contributed by atoms with Crippen molar-refractivity contribution in [3.8, 4) is 68.2 Å². The molecule has 4 N–H and O–H groups in total. The van der Waals surface area contributed by atoms with Gasteiger partial charge in [-0.1, -0.05) is 109 Å². The van der Waals surface area contributed by atoms with Crippen LogP contribution in [0.5, 0.6) is 46.0 Å². The first kappa shape index (κ1) is 49.8. The van der Waals surface area contributed by atoms with Gasteiger partial charge in [0.2, 0.25) is 0 Å². The van der Waals surface area contributed by atoms with Crippen LogP contribution in [-0.4, -0.2) is 44.3 Å². The van der Waals surface area contributed by atoms with E-state index in [0.717, 1.165) is 44.5 Å². The van der Waals surface area contributed by atoms with Crippen molar-refractivity contribution in [2.45, 2.75) is 5.41 Å². The average Bonchev–Trinajstić information content (AvgIpc) is 3.88. The third-order valence-electron chi connectivity index (χ3n) is 12.9. The molecule has 0 amide bonds. The van der Waals surface area contributed by atoms with Crippen LogP contribution in [0, 0.1) is 0 Å². The molecule has 0 fully saturated rings. The minimum Gasteiger partial charge on any atom is -0.478 e. The number of aromatic carboxylic acids is 4. The van der Waals surface area contributed by atoms with Crippen LogP contribution in [0.25, 0.3) is 22.3 Å². The van der Waals surface area contributed by atoms with Gasteiger partial charge in [0.15, 0.2) is 0 Å². The second-order valence-electron chi connectivity index (χ2n) is 17.7. The van der Waals surface area contributed by atoms with Crippen LogP contribution < -0.4 is 18.9 Å². The van der Waals surface area contributed by atoms with Gasteiger partial charge in [-0.15, -0.1) is 0 Å². The lowest BCUT2D eigenvalue weighted by molar-refractivity contribution is 0.0686. The van der Waals surface area contributed by atoms with Crippen molar-refractivity contribution < 1.29 is 58.6 Å². The third-order valence-corrected chi connectivity index (χ3v) is 12.9. The number of fused-ring (bicyclic) bond motifs is 3. The number of rotatable bonds is 15. The van der Waals surface area contributed by atoms with Crippen LogP contribution in [0.1, 0.15) is 63.7 Å². The molecule has 376 valence electrons. The molecular weight excluding hydrogens is 973 g/mol. The SMILES string of the molecule is O=C(O)c1ccc(Oc2ccc(-c3ccc(Oc4ccc(C(=O)O)cc4)cc3)cc2)cc1.O=C(O)c1cccc(Oc2ccc(C3(c4ccc(Oc5cccc(C(=O)O)c5)cc4)c4ccccc4-c4ccccc43)cc2)c1. The van der Waals surface area contributed by atoms with E-state index in [1.165, 1.54) is 48.5 Å². The third kappa shape index (κ3) is 10.8. The fraction of sp³-hybridized carbons (Fsp3) is 0.0154. The summed E-state index contributed by atoms with van der Waals surface area (Å²) in [6.07, 6.45) is 0. The molecule has 1 aliphatic rings. The van der Waals surface area contributed by atoms with Gasteiger partial charge in [-0.25, -0.2) is 19.2 Å². The predicted molar refractivity (Wildman–Crippen MR) is 290 cm³/mol. The standard InChI is InChI=1S/C39H26O6.C26H18O6/c40-37(41)25-7-5-9-31(23-25)44-29-19-15-27(16-20-29)39(35-13-3-1-11-33(35)34-12-2-4-14-36(34)39)28-17-21-30(22-18-28)45-32-10-6-8-26(24-32)38(42)43;27-25(28)19-5-13-23(14-6-19)31-21-9-1-17(2-10-21)18-3-11-22(12-4-18)32-24-15-7-20(8-16-24)26(29)30/h1-24H,(H,40,41)(H,42,43);1-16H,(H,27,28)(H,29,30). The molecule has 0 saturated carbocycles. The smallest absolute Gasteiger partial charge is 0.335 e. The van der Waals surface area contributed by atoms with Crippen molar-refractivity contribution >= 4 is 23.9 Å². The van der Waals surface area contributed by atoms with Crippen molar-refractivity contribution in [3.05, 3.63) is 287 Å². The van der Waals surface area contributed by atoms with Crippen LogP contribution in [0.3, 0.4) is 0 Å². The second kappa shape index (κ2) is 21.8. The molecule has 12 heteroatoms. The summed E-state index contributed by atoms with van der Waals surface area (Å²) in [5.74, 6) is 0.470. The molecule has 0 aromatic heterocycles. The predicted octanol–water partition coefficient (Wildman–Crippen LogP) is 15.4. The molecular formula is C65H44O12. The molecule has 11 rings (SSSR count). The average molecular weight is 1020 g/mol. The molecule has 0 atom stereocenters. The first-order valence-electron chi connectivity index (χ1n) is 24.1. The maximum Gasteiger partial charge on any atom is 0.335 e. The van der Waals surface area contributed by atoms with Gasteiger partial charge < -0.3 is 39.4 Å². The number of hydrogen-bond acceptors (Lipinski definition) is 8. The fourth-order valence-electron chi connectivity index (χ4n) is 9.26. The summed E-state index contributed by atoms with van der Waals surface area (Å²) in [5, 5.41) is 36.6. The van der Waals surface area contributed by atoms with E-state index in [2.05, 4.69) is 72.8 Å². The maximum absolute atomic E-state index is 11.4. The van der Waals surface area contributed by atoms with Crippen molar-refractivity contribution in [1.82, 2.24) is 0 Å². The molecule has 0 radical (unpaired) electrons. The second-order valence-corrected chi connectivity index (χ2v) is 17.7. The fourth-order valence-corrected chi connectivity index (χ4v) is 9.26. The van der Waals surface area contributed by atoms with Crippen LogP contribution in [0.4, 0.5) is 0 Å². The van der Waals surface area contributed by atoms with Crippen LogP contribution >= 0.6 is 0 Å². The highest BCUT2D eigenvalue weighted by Crippen LogP contribution is 2.56. The number of carboxylic acids is 4. The quantitative estimate of drug-likeness (QED) is 0.0762. The highest BCUT2D eigenvalue weighted by molar-refractivity contribution is 5.90. The van der Waals surface area contributed by atoms with Gasteiger partial charge in [-0.3, -0.25) is 0 Å². The Morgan fingerprint density at radius 3 is 0.883 bits per heavy atom. The van der Waals surface area contributed by atoms with Crippen molar-refractivity contribution in [1.29, 1.82) is 0 Å². The molecule has 0 spiro atoms. The summed E-state index contributed by atoms with van der Waals surface area (Å²) in [6, 6.07) is 73.0. The molecule has 10 aromatic carbocycles. The van der Waals surface area contributed by atoms with Crippen molar-refractivity contribution in [3.63, 3.8) is 0 Å². The lowest BCUT2D eigenvalue weighted by Crippen LogP contribution is -2.28. The first-order valence-corrected chi connectivity index (χ1v) is 24.1. The van der Waals surface area contributed by atoms with E-state index in [-0.39, 0.29) is 22.3 Å². The highest BCUT2D eigenvalue weighted by Gasteiger charge is 2.46.